The van der Waals surface area contributed by atoms with E-state index in [0.29, 0.717) is 18.6 Å². The van der Waals surface area contributed by atoms with Crippen LogP contribution in [-0.2, 0) is 0 Å². The number of piperidine rings is 1. The highest BCUT2D eigenvalue weighted by molar-refractivity contribution is 9.10. The minimum atomic E-state index is 0.296. The predicted molar refractivity (Wildman–Crippen MR) is 92.9 cm³/mol. The van der Waals surface area contributed by atoms with Crippen LogP contribution in [-0.4, -0.2) is 31.3 Å². The van der Waals surface area contributed by atoms with Crippen molar-refractivity contribution >= 4 is 21.6 Å². The number of rotatable bonds is 6. The molecule has 1 aromatic rings. The van der Waals surface area contributed by atoms with Crippen molar-refractivity contribution in [1.29, 1.82) is 0 Å². The number of halogens is 1. The van der Waals surface area contributed by atoms with Crippen LogP contribution >= 0.6 is 15.9 Å². The minimum absolute atomic E-state index is 0.296. The van der Waals surface area contributed by atoms with E-state index in [1.165, 1.54) is 11.3 Å². The summed E-state index contributed by atoms with van der Waals surface area (Å²) in [6.07, 6.45) is 3.45. The Hall–Kier alpha value is -0.580. The van der Waals surface area contributed by atoms with Gasteiger partial charge in [0.05, 0.1) is 5.69 Å². The highest BCUT2D eigenvalue weighted by atomic mass is 79.9. The van der Waals surface area contributed by atoms with Crippen LogP contribution in [0.25, 0.3) is 0 Å². The van der Waals surface area contributed by atoms with E-state index in [1.807, 2.05) is 0 Å². The van der Waals surface area contributed by atoms with E-state index in [2.05, 4.69) is 58.2 Å². The Kier molecular flexibility index (Phi) is 6.52. The van der Waals surface area contributed by atoms with Crippen molar-refractivity contribution in [3.63, 3.8) is 0 Å². The van der Waals surface area contributed by atoms with Crippen LogP contribution in [0, 0.1) is 5.92 Å². The van der Waals surface area contributed by atoms with Crippen molar-refractivity contribution in [3.05, 3.63) is 28.2 Å². The van der Waals surface area contributed by atoms with Gasteiger partial charge in [0, 0.05) is 30.2 Å². The van der Waals surface area contributed by atoms with Crippen LogP contribution in [0.1, 0.15) is 44.7 Å². The molecule has 21 heavy (non-hydrogen) atoms. The lowest BCUT2D eigenvalue weighted by atomic mass is 9.98. The van der Waals surface area contributed by atoms with Gasteiger partial charge in [-0.2, -0.15) is 0 Å². The SMILES string of the molecule is CCCNC(C)c1ccc(N2CCCC(CO)C2)c(Br)c1. The normalized spacial score (nSPS) is 20.6. The molecule has 1 aliphatic heterocycles. The molecule has 2 atom stereocenters. The van der Waals surface area contributed by atoms with Crippen molar-refractivity contribution in [3.8, 4) is 0 Å². The molecule has 2 unspecified atom stereocenters. The van der Waals surface area contributed by atoms with Crippen LogP contribution in [0.3, 0.4) is 0 Å². The zero-order chi connectivity index (χ0) is 15.2. The first kappa shape index (κ1) is 16.8. The standard InChI is InChI=1S/C17H27BrN2O/c1-3-8-19-13(2)15-6-7-17(16(18)10-15)20-9-4-5-14(11-20)12-21/h6-7,10,13-14,19,21H,3-5,8-9,11-12H2,1-2H3. The van der Waals surface area contributed by atoms with Crippen LogP contribution in [0.15, 0.2) is 22.7 Å². The Morgan fingerprint density at radius 3 is 2.95 bits per heavy atom. The maximum atomic E-state index is 9.38. The zero-order valence-electron chi connectivity index (χ0n) is 13.1. The highest BCUT2D eigenvalue weighted by Crippen LogP contribution is 2.32. The summed E-state index contributed by atoms with van der Waals surface area (Å²) >= 11 is 3.73. The summed E-state index contributed by atoms with van der Waals surface area (Å²) < 4.78 is 1.16. The van der Waals surface area contributed by atoms with Gasteiger partial charge in [-0.25, -0.2) is 0 Å². The number of aliphatic hydroxyl groups is 1. The molecule has 1 aromatic carbocycles. The molecule has 118 valence electrons. The van der Waals surface area contributed by atoms with Gasteiger partial charge in [0.2, 0.25) is 0 Å². The van der Waals surface area contributed by atoms with Crippen LogP contribution in [0.5, 0.6) is 0 Å². The molecule has 0 aromatic heterocycles. The molecule has 1 heterocycles. The van der Waals surface area contributed by atoms with Gasteiger partial charge >= 0.3 is 0 Å². The number of hydrogen-bond acceptors (Lipinski definition) is 3. The first-order chi connectivity index (χ1) is 10.2. The summed E-state index contributed by atoms with van der Waals surface area (Å²) in [5.74, 6) is 0.412. The second kappa shape index (κ2) is 8.16. The van der Waals surface area contributed by atoms with Gasteiger partial charge in [-0.05, 0) is 72.3 Å². The van der Waals surface area contributed by atoms with E-state index in [4.69, 9.17) is 0 Å². The maximum absolute atomic E-state index is 9.38. The zero-order valence-corrected chi connectivity index (χ0v) is 14.7. The molecule has 3 nitrogen and oxygen atoms in total. The number of anilines is 1. The summed E-state index contributed by atoms with van der Waals surface area (Å²) in [5.41, 5.74) is 2.56. The van der Waals surface area contributed by atoms with Crippen LogP contribution < -0.4 is 10.2 Å². The van der Waals surface area contributed by atoms with Gasteiger partial charge in [0.25, 0.3) is 0 Å². The average Bonchev–Trinajstić information content (AvgIpc) is 2.52. The average molecular weight is 355 g/mol. The largest absolute Gasteiger partial charge is 0.396 e. The fourth-order valence-corrected chi connectivity index (χ4v) is 3.61. The van der Waals surface area contributed by atoms with E-state index in [9.17, 15) is 5.11 Å². The molecule has 2 N–H and O–H groups in total. The summed E-state index contributed by atoms with van der Waals surface area (Å²) in [6.45, 7) is 7.78. The van der Waals surface area contributed by atoms with Gasteiger partial charge in [-0.15, -0.1) is 0 Å². The van der Waals surface area contributed by atoms with Gasteiger partial charge < -0.3 is 15.3 Å². The van der Waals surface area contributed by atoms with Gasteiger partial charge in [0.15, 0.2) is 0 Å². The molecular formula is C17H27BrN2O. The fraction of sp³-hybridized carbons (Fsp3) is 0.647. The molecule has 0 aliphatic carbocycles. The fourth-order valence-electron chi connectivity index (χ4n) is 2.96. The minimum Gasteiger partial charge on any atom is -0.396 e. The first-order valence-electron chi connectivity index (χ1n) is 8.04. The Morgan fingerprint density at radius 2 is 2.29 bits per heavy atom. The van der Waals surface area contributed by atoms with Crippen LogP contribution in [0.2, 0.25) is 0 Å². The summed E-state index contributed by atoms with van der Waals surface area (Å²) in [6, 6.07) is 7.03. The third-order valence-corrected chi connectivity index (χ3v) is 4.93. The number of benzene rings is 1. The van der Waals surface area contributed by atoms with Crippen molar-refractivity contribution in [2.45, 2.75) is 39.2 Å². The lowest BCUT2D eigenvalue weighted by Gasteiger charge is -2.34. The molecule has 0 amide bonds. The van der Waals surface area contributed by atoms with E-state index in [0.717, 1.165) is 43.4 Å². The van der Waals surface area contributed by atoms with Crippen molar-refractivity contribution in [1.82, 2.24) is 5.32 Å². The molecule has 2 rings (SSSR count). The first-order valence-corrected chi connectivity index (χ1v) is 8.83. The van der Waals surface area contributed by atoms with E-state index in [1.54, 1.807) is 0 Å². The molecule has 0 saturated carbocycles. The van der Waals surface area contributed by atoms with Gasteiger partial charge in [-0.1, -0.05) is 13.0 Å². The lowest BCUT2D eigenvalue weighted by Crippen LogP contribution is -2.37. The molecule has 1 aliphatic rings. The summed E-state index contributed by atoms with van der Waals surface area (Å²) in [5, 5.41) is 12.9. The van der Waals surface area contributed by atoms with Gasteiger partial charge in [0.1, 0.15) is 0 Å². The topological polar surface area (TPSA) is 35.5 Å². The Balaban J connectivity index is 2.08. The number of nitrogens with one attached hydrogen (secondary N) is 1. The Morgan fingerprint density at radius 1 is 1.48 bits per heavy atom. The predicted octanol–water partition coefficient (Wildman–Crippen LogP) is 3.72. The molecule has 0 bridgehead atoms. The lowest BCUT2D eigenvalue weighted by molar-refractivity contribution is 0.208. The molecule has 4 heteroatoms. The van der Waals surface area contributed by atoms with Crippen LogP contribution in [0.4, 0.5) is 5.69 Å². The van der Waals surface area contributed by atoms with Crippen molar-refractivity contribution in [2.24, 2.45) is 5.92 Å². The Labute approximate surface area is 136 Å². The number of hydrogen-bond donors (Lipinski definition) is 2. The molecular weight excluding hydrogens is 328 g/mol. The smallest absolute Gasteiger partial charge is 0.0510 e. The molecule has 1 fully saturated rings. The monoisotopic (exact) mass is 354 g/mol. The highest BCUT2D eigenvalue weighted by Gasteiger charge is 2.21. The summed E-state index contributed by atoms with van der Waals surface area (Å²) in [4.78, 5) is 2.39. The van der Waals surface area contributed by atoms with Crippen molar-refractivity contribution < 1.29 is 5.11 Å². The quantitative estimate of drug-likeness (QED) is 0.817. The van der Waals surface area contributed by atoms with E-state index >= 15 is 0 Å². The Bertz CT molecular complexity index is 452. The number of nitrogens with zero attached hydrogens (tertiary/aromatic N) is 1. The molecule has 1 saturated heterocycles. The maximum Gasteiger partial charge on any atom is 0.0510 e. The van der Waals surface area contributed by atoms with E-state index in [-0.39, 0.29) is 0 Å². The van der Waals surface area contributed by atoms with Gasteiger partial charge in [-0.3, -0.25) is 0 Å². The molecule has 0 spiro atoms. The number of aliphatic hydroxyl groups excluding tert-OH is 1. The van der Waals surface area contributed by atoms with E-state index < -0.39 is 0 Å². The molecule has 0 radical (unpaired) electrons. The third-order valence-electron chi connectivity index (χ3n) is 4.29. The summed E-state index contributed by atoms with van der Waals surface area (Å²) in [7, 11) is 0. The second-order valence-electron chi connectivity index (χ2n) is 6.02. The third kappa shape index (κ3) is 4.44. The second-order valence-corrected chi connectivity index (χ2v) is 6.88. The van der Waals surface area contributed by atoms with Crippen molar-refractivity contribution in [2.75, 3.05) is 31.1 Å².